The highest BCUT2D eigenvalue weighted by Crippen LogP contribution is 2.34. The molecule has 2 fully saturated rings. The van der Waals surface area contributed by atoms with E-state index < -0.39 is 10.0 Å². The summed E-state index contributed by atoms with van der Waals surface area (Å²) in [5.41, 5.74) is 0.946. The van der Waals surface area contributed by atoms with Crippen molar-refractivity contribution in [1.29, 1.82) is 0 Å². The fourth-order valence-corrected chi connectivity index (χ4v) is 6.68. The van der Waals surface area contributed by atoms with Crippen LogP contribution < -0.4 is 5.32 Å². The average Bonchev–Trinajstić information content (AvgIpc) is 3.36. The van der Waals surface area contributed by atoms with Crippen LogP contribution in [0.1, 0.15) is 55.5 Å². The Kier molecular flexibility index (Phi) is 4.38. The highest BCUT2D eigenvalue weighted by Gasteiger charge is 2.36. The van der Waals surface area contributed by atoms with E-state index >= 15 is 0 Å². The van der Waals surface area contributed by atoms with Crippen molar-refractivity contribution in [1.82, 2.24) is 9.29 Å². The van der Waals surface area contributed by atoms with Crippen molar-refractivity contribution in [2.45, 2.75) is 63.2 Å². The van der Waals surface area contributed by atoms with E-state index in [1.54, 1.807) is 4.31 Å². The molecule has 2 heterocycles. The molecule has 2 saturated carbocycles. The summed E-state index contributed by atoms with van der Waals surface area (Å²) in [5, 5.41) is 3.28. The smallest absolute Gasteiger partial charge is 0.229 e. The molecule has 0 spiro atoms. The summed E-state index contributed by atoms with van der Waals surface area (Å²) < 4.78 is 27.4. The molecular weight excluding hydrogens is 346 g/mol. The summed E-state index contributed by atoms with van der Waals surface area (Å²) in [6.07, 6.45) is 7.32. The maximum absolute atomic E-state index is 12.9. The van der Waals surface area contributed by atoms with E-state index in [-0.39, 0.29) is 17.1 Å². The Morgan fingerprint density at radius 1 is 1.17 bits per heavy atom. The van der Waals surface area contributed by atoms with Crippen molar-refractivity contribution < 1.29 is 13.2 Å². The fraction of sp³-hybridized carbons (Fsp3) is 0.750. The molecule has 4 rings (SSSR count). The molecule has 24 heavy (non-hydrogen) atoms. The first-order valence-corrected chi connectivity index (χ1v) is 11.1. The van der Waals surface area contributed by atoms with Gasteiger partial charge in [-0.2, -0.15) is 4.31 Å². The van der Waals surface area contributed by atoms with Gasteiger partial charge in [0.25, 0.3) is 0 Å². The minimum Gasteiger partial charge on any atom is -0.302 e. The van der Waals surface area contributed by atoms with Gasteiger partial charge in [-0.3, -0.25) is 4.79 Å². The minimum absolute atomic E-state index is 0.0489. The lowest BCUT2D eigenvalue weighted by molar-refractivity contribution is -0.117. The van der Waals surface area contributed by atoms with Crippen LogP contribution in [0.4, 0.5) is 5.13 Å². The van der Waals surface area contributed by atoms with Crippen LogP contribution >= 0.6 is 11.3 Å². The van der Waals surface area contributed by atoms with Crippen LogP contribution in [0, 0.1) is 5.92 Å². The first-order chi connectivity index (χ1) is 11.5. The monoisotopic (exact) mass is 369 g/mol. The Bertz CT molecular complexity index is 734. The van der Waals surface area contributed by atoms with Crippen LogP contribution in [0.25, 0.3) is 0 Å². The summed E-state index contributed by atoms with van der Waals surface area (Å²) in [7, 11) is -3.22. The highest BCUT2D eigenvalue weighted by molar-refractivity contribution is 7.89. The number of thiazole rings is 1. The third kappa shape index (κ3) is 3.23. The molecule has 0 saturated heterocycles. The number of carbonyl (C=O) groups is 1. The molecule has 0 atom stereocenters. The number of nitrogens with one attached hydrogen (secondary N) is 1. The second-order valence-corrected chi connectivity index (χ2v) is 10.3. The lowest BCUT2D eigenvalue weighted by atomic mass is 10.0. The lowest BCUT2D eigenvalue weighted by Crippen LogP contribution is -2.42. The van der Waals surface area contributed by atoms with E-state index in [4.69, 9.17) is 0 Å². The maximum Gasteiger partial charge on any atom is 0.229 e. The number of hydrogen-bond donors (Lipinski definition) is 1. The van der Waals surface area contributed by atoms with E-state index in [0.717, 1.165) is 55.5 Å². The third-order valence-corrected chi connectivity index (χ3v) is 8.55. The predicted octanol–water partition coefficient (Wildman–Crippen LogP) is 2.51. The molecule has 1 aliphatic heterocycles. The van der Waals surface area contributed by atoms with Crippen molar-refractivity contribution in [2.75, 3.05) is 11.9 Å². The normalized spacial score (nSPS) is 23.0. The molecule has 132 valence electrons. The number of fused-ring (bicyclic) bond motifs is 1. The molecule has 0 radical (unpaired) electrons. The van der Waals surface area contributed by atoms with Gasteiger partial charge in [0.2, 0.25) is 15.9 Å². The number of rotatable bonds is 4. The van der Waals surface area contributed by atoms with Crippen LogP contribution in [0.15, 0.2) is 0 Å². The van der Waals surface area contributed by atoms with Crippen molar-refractivity contribution >= 4 is 32.4 Å². The summed E-state index contributed by atoms with van der Waals surface area (Å²) in [6, 6.07) is 0. The van der Waals surface area contributed by atoms with E-state index in [1.165, 1.54) is 11.3 Å². The lowest BCUT2D eigenvalue weighted by Gasteiger charge is -2.31. The van der Waals surface area contributed by atoms with Crippen LogP contribution in [0.2, 0.25) is 0 Å². The number of aromatic nitrogens is 1. The van der Waals surface area contributed by atoms with Gasteiger partial charge in [-0.05, 0) is 25.7 Å². The number of carbonyl (C=O) groups excluding carboxylic acids is 1. The SMILES string of the molecule is O=C(Nc1nc2c(s1)CN(S(=O)(=O)C1CCCCC1)CC2)C1CC1. The first kappa shape index (κ1) is 16.5. The van der Waals surface area contributed by atoms with Gasteiger partial charge in [0.15, 0.2) is 5.13 Å². The molecule has 1 aromatic heterocycles. The van der Waals surface area contributed by atoms with Gasteiger partial charge in [-0.15, -0.1) is 11.3 Å². The third-order valence-electron chi connectivity index (χ3n) is 5.21. The van der Waals surface area contributed by atoms with E-state index in [1.807, 2.05) is 0 Å². The van der Waals surface area contributed by atoms with E-state index in [2.05, 4.69) is 10.3 Å². The van der Waals surface area contributed by atoms with Gasteiger partial charge in [0, 0.05) is 30.3 Å². The molecule has 0 unspecified atom stereocenters. The number of amides is 1. The Balaban J connectivity index is 1.46. The molecular formula is C16H23N3O3S2. The van der Waals surface area contributed by atoms with Crippen molar-refractivity contribution in [3.05, 3.63) is 10.6 Å². The molecule has 0 bridgehead atoms. The number of anilines is 1. The first-order valence-electron chi connectivity index (χ1n) is 8.82. The van der Waals surface area contributed by atoms with Gasteiger partial charge in [-0.1, -0.05) is 19.3 Å². The maximum atomic E-state index is 12.9. The summed E-state index contributed by atoms with van der Waals surface area (Å²) >= 11 is 1.43. The molecule has 8 heteroatoms. The fourth-order valence-electron chi connectivity index (χ4n) is 3.57. The Hall–Kier alpha value is -0.990. The number of nitrogens with zero attached hydrogens (tertiary/aromatic N) is 2. The molecule has 1 aromatic rings. The quantitative estimate of drug-likeness (QED) is 0.884. The largest absolute Gasteiger partial charge is 0.302 e. The average molecular weight is 370 g/mol. The minimum atomic E-state index is -3.22. The second-order valence-electron chi connectivity index (χ2n) is 7.04. The molecule has 1 N–H and O–H groups in total. The van der Waals surface area contributed by atoms with Crippen molar-refractivity contribution in [3.8, 4) is 0 Å². The summed E-state index contributed by atoms with van der Waals surface area (Å²) in [5.74, 6) is 0.196. The van der Waals surface area contributed by atoms with Gasteiger partial charge in [0.05, 0.1) is 10.9 Å². The van der Waals surface area contributed by atoms with Crippen LogP contribution in [-0.4, -0.2) is 35.4 Å². The summed E-state index contributed by atoms with van der Waals surface area (Å²) in [6.45, 7) is 0.913. The zero-order chi connectivity index (χ0) is 16.7. The topological polar surface area (TPSA) is 79.4 Å². The number of sulfonamides is 1. The van der Waals surface area contributed by atoms with Crippen molar-refractivity contribution in [2.24, 2.45) is 5.92 Å². The van der Waals surface area contributed by atoms with Crippen LogP contribution in [0.3, 0.4) is 0 Å². The second kappa shape index (κ2) is 6.38. The van der Waals surface area contributed by atoms with E-state index in [9.17, 15) is 13.2 Å². The molecule has 3 aliphatic rings. The highest BCUT2D eigenvalue weighted by atomic mass is 32.2. The van der Waals surface area contributed by atoms with Gasteiger partial charge in [0.1, 0.15) is 0 Å². The Morgan fingerprint density at radius 2 is 1.92 bits per heavy atom. The van der Waals surface area contributed by atoms with Gasteiger partial charge in [-0.25, -0.2) is 13.4 Å². The number of hydrogen-bond acceptors (Lipinski definition) is 5. The Labute approximate surface area is 146 Å². The zero-order valence-corrected chi connectivity index (χ0v) is 15.3. The molecule has 6 nitrogen and oxygen atoms in total. The molecule has 0 aromatic carbocycles. The van der Waals surface area contributed by atoms with Crippen LogP contribution in [-0.2, 0) is 27.8 Å². The molecule has 1 amide bonds. The van der Waals surface area contributed by atoms with Crippen molar-refractivity contribution in [3.63, 3.8) is 0 Å². The van der Waals surface area contributed by atoms with Gasteiger partial charge >= 0.3 is 0 Å². The van der Waals surface area contributed by atoms with E-state index in [0.29, 0.717) is 24.6 Å². The Morgan fingerprint density at radius 3 is 2.62 bits per heavy atom. The predicted molar refractivity (Wildman–Crippen MR) is 93.4 cm³/mol. The summed E-state index contributed by atoms with van der Waals surface area (Å²) in [4.78, 5) is 17.3. The van der Waals surface area contributed by atoms with Gasteiger partial charge < -0.3 is 5.32 Å². The standard InChI is InChI=1S/C16H23N3O3S2/c20-15(11-6-7-11)18-16-17-13-8-9-19(10-14(13)23-16)24(21,22)12-4-2-1-3-5-12/h11-12H,1-10H2,(H,17,18,20). The zero-order valence-electron chi connectivity index (χ0n) is 13.7. The van der Waals surface area contributed by atoms with Crippen LogP contribution in [0.5, 0.6) is 0 Å². The molecule has 2 aliphatic carbocycles.